The summed E-state index contributed by atoms with van der Waals surface area (Å²) in [6.07, 6.45) is 11.1. The van der Waals surface area contributed by atoms with Crippen molar-refractivity contribution < 1.29 is 9.90 Å². The van der Waals surface area contributed by atoms with Crippen molar-refractivity contribution in [3.05, 3.63) is 35.9 Å². The Morgan fingerprint density at radius 3 is 2.00 bits per heavy atom. The average molecular weight is 377 g/mol. The van der Waals surface area contributed by atoms with E-state index in [2.05, 4.69) is 24.3 Å². The molecule has 1 amide bonds. The Kier molecular flexibility index (Phi) is 12.8. The van der Waals surface area contributed by atoms with Gasteiger partial charge < -0.3 is 15.3 Å². The molecule has 2 atom stereocenters. The molecule has 0 aromatic heterocycles. The largest absolute Gasteiger partial charge is 0.386 e. The fraction of sp³-hybridized carbons (Fsp3) is 0.696. The van der Waals surface area contributed by atoms with Gasteiger partial charge in [-0.1, -0.05) is 75.3 Å². The molecule has 4 heteroatoms. The number of aliphatic hydroxyl groups is 1. The summed E-state index contributed by atoms with van der Waals surface area (Å²) in [5, 5.41) is 13.2. The smallest absolute Gasteiger partial charge is 0.220 e. The minimum Gasteiger partial charge on any atom is -0.386 e. The maximum Gasteiger partial charge on any atom is 0.220 e. The first-order chi connectivity index (χ1) is 13.0. The lowest BCUT2D eigenvalue weighted by molar-refractivity contribution is -0.122. The third-order valence-corrected chi connectivity index (χ3v) is 5.01. The number of benzene rings is 1. The van der Waals surface area contributed by atoms with Gasteiger partial charge in [-0.15, -0.1) is 0 Å². The van der Waals surface area contributed by atoms with Crippen LogP contribution in [-0.4, -0.2) is 42.6 Å². The zero-order chi connectivity index (χ0) is 19.9. The van der Waals surface area contributed by atoms with E-state index < -0.39 is 6.10 Å². The highest BCUT2D eigenvalue weighted by atomic mass is 16.3. The number of nitrogens with zero attached hydrogens (tertiary/aromatic N) is 1. The molecular weight excluding hydrogens is 336 g/mol. The number of amides is 1. The third-order valence-electron chi connectivity index (χ3n) is 5.01. The maximum atomic E-state index is 12.0. The summed E-state index contributed by atoms with van der Waals surface area (Å²) in [6, 6.07) is 9.22. The third kappa shape index (κ3) is 11.8. The Hall–Kier alpha value is -1.39. The molecule has 154 valence electrons. The Morgan fingerprint density at radius 1 is 0.926 bits per heavy atom. The summed E-state index contributed by atoms with van der Waals surface area (Å²) in [7, 11) is 4.26. The zero-order valence-corrected chi connectivity index (χ0v) is 17.6. The fourth-order valence-corrected chi connectivity index (χ4v) is 3.29. The normalized spacial score (nSPS) is 13.5. The van der Waals surface area contributed by atoms with Crippen LogP contribution in [0, 0.1) is 0 Å². The van der Waals surface area contributed by atoms with E-state index >= 15 is 0 Å². The zero-order valence-electron chi connectivity index (χ0n) is 17.6. The lowest BCUT2D eigenvalue weighted by atomic mass is 10.0. The number of carbonyl (C=O) groups excluding carboxylic acids is 1. The van der Waals surface area contributed by atoms with Crippen molar-refractivity contribution in [2.45, 2.75) is 83.3 Å². The molecule has 1 aromatic rings. The SMILES string of the molecule is C[C@@H](NC(=O)CCCCCCCCCCCN(C)C)[C@@H](O)c1ccccc1. The van der Waals surface area contributed by atoms with Gasteiger partial charge in [0.05, 0.1) is 12.1 Å². The predicted octanol–water partition coefficient (Wildman–Crippen LogP) is 4.69. The van der Waals surface area contributed by atoms with Crippen LogP contribution in [0.25, 0.3) is 0 Å². The van der Waals surface area contributed by atoms with Gasteiger partial charge in [0.1, 0.15) is 0 Å². The molecule has 0 saturated carbocycles. The van der Waals surface area contributed by atoms with Gasteiger partial charge in [0.25, 0.3) is 0 Å². The molecule has 2 N–H and O–H groups in total. The van der Waals surface area contributed by atoms with Crippen molar-refractivity contribution >= 4 is 5.91 Å². The molecule has 0 aliphatic carbocycles. The maximum absolute atomic E-state index is 12.0. The number of hydrogen-bond acceptors (Lipinski definition) is 3. The van der Waals surface area contributed by atoms with Gasteiger partial charge in [0.2, 0.25) is 5.91 Å². The lowest BCUT2D eigenvalue weighted by Crippen LogP contribution is -2.36. The Balaban J connectivity index is 1.98. The van der Waals surface area contributed by atoms with E-state index in [0.29, 0.717) is 6.42 Å². The standard InChI is InChI=1S/C23H40N2O2/c1-20(23(27)21-16-12-11-13-17-21)24-22(26)18-14-9-7-5-4-6-8-10-15-19-25(2)3/h11-13,16-17,20,23,27H,4-10,14-15,18-19H2,1-3H3,(H,24,26)/t20-,23-/m1/s1. The van der Waals surface area contributed by atoms with E-state index in [-0.39, 0.29) is 11.9 Å². The molecule has 0 fully saturated rings. The first-order valence-electron chi connectivity index (χ1n) is 10.7. The highest BCUT2D eigenvalue weighted by Crippen LogP contribution is 2.16. The van der Waals surface area contributed by atoms with Crippen LogP contribution in [0.1, 0.15) is 82.8 Å². The van der Waals surface area contributed by atoms with Crippen molar-refractivity contribution in [3.8, 4) is 0 Å². The van der Waals surface area contributed by atoms with Crippen LogP contribution in [-0.2, 0) is 4.79 Å². The average Bonchev–Trinajstić information content (AvgIpc) is 2.65. The first-order valence-corrected chi connectivity index (χ1v) is 10.7. The van der Waals surface area contributed by atoms with E-state index in [4.69, 9.17) is 0 Å². The quantitative estimate of drug-likeness (QED) is 0.437. The van der Waals surface area contributed by atoms with Crippen molar-refractivity contribution in [2.24, 2.45) is 0 Å². The van der Waals surface area contributed by atoms with Crippen molar-refractivity contribution in [2.75, 3.05) is 20.6 Å². The second-order valence-electron chi connectivity index (χ2n) is 7.95. The summed E-state index contributed by atoms with van der Waals surface area (Å²) in [4.78, 5) is 14.3. The molecule has 0 spiro atoms. The van der Waals surface area contributed by atoms with Crippen molar-refractivity contribution in [3.63, 3.8) is 0 Å². The molecule has 1 rings (SSSR count). The van der Waals surface area contributed by atoms with E-state index in [1.807, 2.05) is 37.3 Å². The number of carbonyl (C=O) groups is 1. The lowest BCUT2D eigenvalue weighted by Gasteiger charge is -2.20. The van der Waals surface area contributed by atoms with E-state index in [1.165, 1.54) is 51.5 Å². The Bertz CT molecular complexity index is 490. The van der Waals surface area contributed by atoms with E-state index in [9.17, 15) is 9.90 Å². The molecule has 1 aromatic carbocycles. The summed E-state index contributed by atoms with van der Waals surface area (Å²) in [6.45, 7) is 3.05. The van der Waals surface area contributed by atoms with Gasteiger partial charge >= 0.3 is 0 Å². The highest BCUT2D eigenvalue weighted by molar-refractivity contribution is 5.76. The van der Waals surface area contributed by atoms with Gasteiger partial charge in [-0.25, -0.2) is 0 Å². The summed E-state index contributed by atoms with van der Waals surface area (Å²) in [5.41, 5.74) is 0.840. The van der Waals surface area contributed by atoms with Crippen LogP contribution < -0.4 is 5.32 Å². The number of nitrogens with one attached hydrogen (secondary N) is 1. The molecule has 4 nitrogen and oxygen atoms in total. The van der Waals surface area contributed by atoms with Crippen LogP contribution in [0.2, 0.25) is 0 Å². The highest BCUT2D eigenvalue weighted by Gasteiger charge is 2.17. The summed E-state index contributed by atoms with van der Waals surface area (Å²) < 4.78 is 0. The molecule has 0 unspecified atom stereocenters. The molecule has 0 heterocycles. The monoisotopic (exact) mass is 376 g/mol. The number of rotatable bonds is 15. The minimum atomic E-state index is -0.659. The topological polar surface area (TPSA) is 52.6 Å². The first kappa shape index (κ1) is 23.6. The van der Waals surface area contributed by atoms with Crippen molar-refractivity contribution in [1.82, 2.24) is 10.2 Å². The molecule has 27 heavy (non-hydrogen) atoms. The van der Waals surface area contributed by atoms with Crippen molar-refractivity contribution in [1.29, 1.82) is 0 Å². The van der Waals surface area contributed by atoms with Crippen LogP contribution in [0.5, 0.6) is 0 Å². The van der Waals surface area contributed by atoms with Gasteiger partial charge in [-0.3, -0.25) is 4.79 Å². The van der Waals surface area contributed by atoms with Gasteiger partial charge in [0, 0.05) is 6.42 Å². The number of unbranched alkanes of at least 4 members (excludes halogenated alkanes) is 8. The molecule has 0 bridgehead atoms. The second-order valence-corrected chi connectivity index (χ2v) is 7.95. The van der Waals surface area contributed by atoms with Crippen LogP contribution >= 0.6 is 0 Å². The van der Waals surface area contributed by atoms with E-state index in [1.54, 1.807) is 0 Å². The number of aliphatic hydroxyl groups excluding tert-OH is 1. The second kappa shape index (κ2) is 14.6. The minimum absolute atomic E-state index is 0.0402. The van der Waals surface area contributed by atoms with Gasteiger partial charge in [-0.2, -0.15) is 0 Å². The molecule has 0 radical (unpaired) electrons. The summed E-state index contributed by atoms with van der Waals surface area (Å²) in [5.74, 6) is 0.0402. The molecule has 0 saturated heterocycles. The summed E-state index contributed by atoms with van der Waals surface area (Å²) >= 11 is 0. The van der Waals surface area contributed by atoms with E-state index in [0.717, 1.165) is 18.4 Å². The molecule has 0 aliphatic rings. The number of hydrogen-bond donors (Lipinski definition) is 2. The Labute approximate surface area is 166 Å². The van der Waals surface area contributed by atoms with Crippen LogP contribution in [0.4, 0.5) is 0 Å². The molecular formula is C23H40N2O2. The Morgan fingerprint density at radius 2 is 1.44 bits per heavy atom. The van der Waals surface area contributed by atoms with Gasteiger partial charge in [0.15, 0.2) is 0 Å². The molecule has 0 aliphatic heterocycles. The van der Waals surface area contributed by atoms with Gasteiger partial charge in [-0.05, 0) is 46.0 Å². The fourth-order valence-electron chi connectivity index (χ4n) is 3.29. The van der Waals surface area contributed by atoms with Crippen LogP contribution in [0.15, 0.2) is 30.3 Å². The van der Waals surface area contributed by atoms with Crippen LogP contribution in [0.3, 0.4) is 0 Å². The predicted molar refractivity (Wildman–Crippen MR) is 114 cm³/mol.